The highest BCUT2D eigenvalue weighted by molar-refractivity contribution is 7.85. The molecule has 5 aliphatic rings. The Morgan fingerprint density at radius 1 is 0.350 bits per heavy atom. The molecule has 0 saturated heterocycles. The van der Waals surface area contributed by atoms with Gasteiger partial charge in [-0.2, -0.15) is 0 Å². The summed E-state index contributed by atoms with van der Waals surface area (Å²) in [6.45, 7) is 0. The molecule has 0 unspecified atom stereocenters. The van der Waals surface area contributed by atoms with Crippen molar-refractivity contribution in [2.45, 2.75) is 195 Å². The number of hydrogen-bond acceptors (Lipinski definition) is 3. The van der Waals surface area contributed by atoms with Gasteiger partial charge in [-0.3, -0.25) is 0 Å². The largest absolute Gasteiger partial charge is 0.744 e. The van der Waals surface area contributed by atoms with Crippen LogP contribution in [0.5, 0.6) is 0 Å². The monoisotopic (exact) mass is 567 g/mol. The molecule has 5 saturated carbocycles. The molecule has 0 radical (unpaired) electrons. The first-order valence-electron chi connectivity index (χ1n) is 17.7. The minimum atomic E-state index is -4.58. The van der Waals surface area contributed by atoms with Crippen LogP contribution in [-0.2, 0) is 10.1 Å². The lowest BCUT2D eigenvalue weighted by Crippen LogP contribution is -2.27. The molecule has 40 heavy (non-hydrogen) atoms. The molecule has 0 heterocycles. The molecular weight excluding hydrogens is 512 g/mol. The van der Waals surface area contributed by atoms with Gasteiger partial charge in [-0.25, -0.2) is 8.42 Å². The van der Waals surface area contributed by atoms with Gasteiger partial charge in [0.2, 0.25) is 0 Å². The van der Waals surface area contributed by atoms with E-state index in [2.05, 4.69) is 0 Å². The topological polar surface area (TPSA) is 57.2 Å². The summed E-state index contributed by atoms with van der Waals surface area (Å²) in [5.41, 5.74) is 6.75. The Labute approximate surface area is 245 Å². The molecule has 0 N–H and O–H groups in total. The standard InChI is InChI=1S/C36H56O3S/c37-40(38,39)36-34(29-22-12-4-13-23-29)32(27-18-8-2-9-19-27)31(26-16-6-1-7-17-26)33(28-20-10-3-11-21-28)35(36)30-24-14-5-15-25-30/h26-30H,1-25H2,(H,37,38,39)/p-1. The molecule has 0 aliphatic heterocycles. The highest BCUT2D eigenvalue weighted by atomic mass is 32.2. The minimum absolute atomic E-state index is 0.259. The maximum Gasteiger partial charge on any atom is 0.125 e. The lowest BCUT2D eigenvalue weighted by Gasteiger charge is -2.43. The molecule has 5 aliphatic carbocycles. The first kappa shape index (κ1) is 29.2. The second-order valence-electron chi connectivity index (χ2n) is 14.5. The quantitative estimate of drug-likeness (QED) is 0.321. The van der Waals surface area contributed by atoms with E-state index in [1.807, 2.05) is 0 Å². The lowest BCUT2D eigenvalue weighted by molar-refractivity contribution is 0.376. The van der Waals surface area contributed by atoms with Gasteiger partial charge in [0, 0.05) is 0 Å². The van der Waals surface area contributed by atoms with Crippen molar-refractivity contribution in [2.75, 3.05) is 0 Å². The third-order valence-corrected chi connectivity index (χ3v) is 12.9. The minimum Gasteiger partial charge on any atom is -0.744 e. The Balaban J connectivity index is 1.71. The first-order valence-corrected chi connectivity index (χ1v) is 19.1. The van der Waals surface area contributed by atoms with Gasteiger partial charge in [0.05, 0.1) is 4.90 Å². The van der Waals surface area contributed by atoms with Gasteiger partial charge in [0.15, 0.2) is 0 Å². The molecule has 0 spiro atoms. The molecule has 1 aromatic rings. The van der Waals surface area contributed by atoms with E-state index in [1.165, 1.54) is 146 Å². The lowest BCUT2D eigenvalue weighted by atomic mass is 9.64. The van der Waals surface area contributed by atoms with Crippen LogP contribution in [0.3, 0.4) is 0 Å². The Bertz CT molecular complexity index is 1030. The molecule has 5 fully saturated rings. The Hall–Kier alpha value is -0.870. The van der Waals surface area contributed by atoms with Gasteiger partial charge in [-0.15, -0.1) is 0 Å². The zero-order valence-electron chi connectivity index (χ0n) is 25.2. The Kier molecular flexibility index (Phi) is 9.63. The van der Waals surface area contributed by atoms with Crippen molar-refractivity contribution in [3.05, 3.63) is 27.8 Å². The fraction of sp³-hybridized carbons (Fsp3) is 0.833. The van der Waals surface area contributed by atoms with Crippen molar-refractivity contribution in [1.29, 1.82) is 0 Å². The third-order valence-electron chi connectivity index (χ3n) is 12.0. The summed E-state index contributed by atoms with van der Waals surface area (Å²) >= 11 is 0. The van der Waals surface area contributed by atoms with Crippen molar-refractivity contribution in [1.82, 2.24) is 0 Å². The Morgan fingerprint density at radius 3 is 0.775 bits per heavy atom. The summed E-state index contributed by atoms with van der Waals surface area (Å²) in [6.07, 6.45) is 30.3. The summed E-state index contributed by atoms with van der Waals surface area (Å²) in [4.78, 5) is 0.354. The van der Waals surface area contributed by atoms with Crippen LogP contribution in [0.25, 0.3) is 0 Å². The van der Waals surface area contributed by atoms with E-state index in [1.54, 1.807) is 5.56 Å². The highest BCUT2D eigenvalue weighted by Crippen LogP contribution is 2.56. The second-order valence-corrected chi connectivity index (χ2v) is 15.8. The van der Waals surface area contributed by atoms with Crippen molar-refractivity contribution < 1.29 is 13.0 Å². The fourth-order valence-corrected chi connectivity index (χ4v) is 11.3. The van der Waals surface area contributed by atoms with Crippen LogP contribution >= 0.6 is 0 Å². The maximum absolute atomic E-state index is 13.8. The van der Waals surface area contributed by atoms with Gasteiger partial charge in [0.25, 0.3) is 0 Å². The normalized spacial score (nSPS) is 25.8. The SMILES string of the molecule is O=S(=O)([O-])c1c(C2CCCCC2)c(C2CCCCC2)c(C2CCCCC2)c(C2CCCCC2)c1C1CCCCC1. The van der Waals surface area contributed by atoms with Crippen LogP contribution in [0.4, 0.5) is 0 Å². The maximum atomic E-state index is 13.8. The fourth-order valence-electron chi connectivity index (χ4n) is 10.2. The summed E-state index contributed by atoms with van der Waals surface area (Å²) in [6, 6.07) is 0. The zero-order valence-corrected chi connectivity index (χ0v) is 26.0. The average Bonchev–Trinajstić information content (AvgIpc) is 3.01. The van der Waals surface area contributed by atoms with Crippen LogP contribution < -0.4 is 0 Å². The van der Waals surface area contributed by atoms with Gasteiger partial charge in [-0.05, 0) is 122 Å². The van der Waals surface area contributed by atoms with E-state index in [0.717, 1.165) is 36.8 Å². The summed E-state index contributed by atoms with van der Waals surface area (Å²) in [7, 11) is -4.58. The molecule has 224 valence electrons. The molecule has 0 bridgehead atoms. The van der Waals surface area contributed by atoms with Crippen molar-refractivity contribution in [3.8, 4) is 0 Å². The van der Waals surface area contributed by atoms with Crippen LogP contribution in [0.1, 0.15) is 218 Å². The van der Waals surface area contributed by atoms with Crippen LogP contribution in [-0.4, -0.2) is 13.0 Å². The molecule has 3 nitrogen and oxygen atoms in total. The third kappa shape index (κ3) is 6.10. The van der Waals surface area contributed by atoms with Crippen LogP contribution in [0, 0.1) is 0 Å². The molecule has 1 aromatic carbocycles. The molecule has 0 amide bonds. The predicted octanol–water partition coefficient (Wildman–Crippen LogP) is 10.8. The zero-order chi connectivity index (χ0) is 27.5. The van der Waals surface area contributed by atoms with E-state index < -0.39 is 10.1 Å². The molecule has 4 heteroatoms. The molecule has 6 rings (SSSR count). The van der Waals surface area contributed by atoms with E-state index in [9.17, 15) is 13.0 Å². The summed E-state index contributed by atoms with van der Waals surface area (Å²) in [5, 5.41) is 0. The number of rotatable bonds is 6. The van der Waals surface area contributed by atoms with Crippen LogP contribution in [0.2, 0.25) is 0 Å². The predicted molar refractivity (Wildman–Crippen MR) is 164 cm³/mol. The number of hydrogen-bond donors (Lipinski definition) is 0. The van der Waals surface area contributed by atoms with Gasteiger partial charge in [0.1, 0.15) is 10.1 Å². The summed E-state index contributed by atoms with van der Waals surface area (Å²) in [5.74, 6) is 1.98. The van der Waals surface area contributed by atoms with Gasteiger partial charge < -0.3 is 4.55 Å². The summed E-state index contributed by atoms with van der Waals surface area (Å²) < 4.78 is 41.3. The first-order chi connectivity index (χ1) is 19.5. The highest BCUT2D eigenvalue weighted by Gasteiger charge is 2.40. The van der Waals surface area contributed by atoms with E-state index >= 15 is 0 Å². The van der Waals surface area contributed by atoms with Crippen molar-refractivity contribution in [2.24, 2.45) is 0 Å². The van der Waals surface area contributed by atoms with E-state index in [-0.39, 0.29) is 11.8 Å². The van der Waals surface area contributed by atoms with Crippen LogP contribution in [0.15, 0.2) is 4.90 Å². The molecule has 0 atom stereocenters. The average molecular weight is 568 g/mol. The van der Waals surface area contributed by atoms with Crippen molar-refractivity contribution >= 4 is 10.1 Å². The smallest absolute Gasteiger partial charge is 0.125 e. The Morgan fingerprint density at radius 2 is 0.550 bits per heavy atom. The molecule has 0 aromatic heterocycles. The van der Waals surface area contributed by atoms with Crippen molar-refractivity contribution in [3.63, 3.8) is 0 Å². The van der Waals surface area contributed by atoms with E-state index in [4.69, 9.17) is 0 Å². The van der Waals surface area contributed by atoms with Gasteiger partial charge >= 0.3 is 0 Å². The number of benzene rings is 1. The van der Waals surface area contributed by atoms with Gasteiger partial charge in [-0.1, -0.05) is 96.3 Å². The van der Waals surface area contributed by atoms with E-state index in [0.29, 0.717) is 22.6 Å². The molecular formula is C36H55O3S-. The second kappa shape index (κ2) is 13.2.